The molecule has 0 fully saturated rings. The highest BCUT2D eigenvalue weighted by molar-refractivity contribution is 9.10. The van der Waals surface area contributed by atoms with Gasteiger partial charge in [-0.3, -0.25) is 4.79 Å². The molecule has 6 nitrogen and oxygen atoms in total. The first-order chi connectivity index (χ1) is 10.6. The van der Waals surface area contributed by atoms with Crippen molar-refractivity contribution in [1.29, 1.82) is 0 Å². The van der Waals surface area contributed by atoms with Gasteiger partial charge in [-0.2, -0.15) is 0 Å². The average molecular weight is 399 g/mol. The van der Waals surface area contributed by atoms with Crippen LogP contribution in [0.3, 0.4) is 0 Å². The summed E-state index contributed by atoms with van der Waals surface area (Å²) < 4.78 is 0.854. The Hall–Kier alpha value is -1.64. The van der Waals surface area contributed by atoms with Crippen molar-refractivity contribution < 1.29 is 4.79 Å². The fraction of sp³-hybridized carbons (Fsp3) is 0.0769. The summed E-state index contributed by atoms with van der Waals surface area (Å²) in [6.45, 7) is 0. The van der Waals surface area contributed by atoms with Crippen molar-refractivity contribution in [1.82, 2.24) is 19.9 Å². The van der Waals surface area contributed by atoms with Gasteiger partial charge in [0.25, 0.3) is 0 Å². The van der Waals surface area contributed by atoms with E-state index in [1.165, 1.54) is 18.1 Å². The number of nitrogens with one attached hydrogen (secondary N) is 2. The van der Waals surface area contributed by atoms with E-state index < -0.39 is 0 Å². The molecule has 3 aromatic rings. The maximum absolute atomic E-state index is 12.0. The molecule has 22 heavy (non-hydrogen) atoms. The summed E-state index contributed by atoms with van der Waals surface area (Å²) in [7, 11) is 0. The summed E-state index contributed by atoms with van der Waals surface area (Å²) >= 11 is 10.7. The minimum absolute atomic E-state index is 0.166. The quantitative estimate of drug-likeness (QED) is 0.519. The van der Waals surface area contributed by atoms with Gasteiger partial charge in [0.15, 0.2) is 5.65 Å². The summed E-state index contributed by atoms with van der Waals surface area (Å²) in [5, 5.41) is 3.93. The first kappa shape index (κ1) is 15.3. The Labute approximate surface area is 143 Å². The number of halogens is 2. The highest BCUT2D eigenvalue weighted by atomic mass is 79.9. The van der Waals surface area contributed by atoms with Crippen molar-refractivity contribution >= 4 is 62.1 Å². The number of aromatic amines is 1. The first-order valence-electron chi connectivity index (χ1n) is 6.15. The third kappa shape index (κ3) is 3.40. The summed E-state index contributed by atoms with van der Waals surface area (Å²) in [6.07, 6.45) is 2.97. The number of thioether (sulfide) groups is 1. The molecule has 1 aromatic carbocycles. The van der Waals surface area contributed by atoms with Crippen LogP contribution in [0.5, 0.6) is 0 Å². The van der Waals surface area contributed by atoms with Crippen LogP contribution in [-0.2, 0) is 4.79 Å². The zero-order valence-electron chi connectivity index (χ0n) is 11.0. The molecule has 0 aliphatic heterocycles. The van der Waals surface area contributed by atoms with E-state index >= 15 is 0 Å². The van der Waals surface area contributed by atoms with Crippen LogP contribution in [0.25, 0.3) is 11.2 Å². The van der Waals surface area contributed by atoms with Crippen molar-refractivity contribution in [2.24, 2.45) is 0 Å². The Balaban J connectivity index is 1.66. The molecule has 2 heterocycles. The van der Waals surface area contributed by atoms with Crippen LogP contribution in [0.2, 0.25) is 5.02 Å². The molecular formula is C13H9BrClN5OS. The number of rotatable bonds is 4. The summed E-state index contributed by atoms with van der Waals surface area (Å²) in [5.74, 6) is 0.0397. The number of aromatic nitrogens is 4. The number of H-pyrrole nitrogens is 1. The van der Waals surface area contributed by atoms with Gasteiger partial charge in [0.2, 0.25) is 5.91 Å². The van der Waals surface area contributed by atoms with Crippen LogP contribution in [-0.4, -0.2) is 31.6 Å². The Bertz CT molecular complexity index is 840. The molecule has 3 rings (SSSR count). The average Bonchev–Trinajstić information content (AvgIpc) is 2.97. The third-order valence-electron chi connectivity index (χ3n) is 2.73. The molecule has 0 atom stereocenters. The highest BCUT2D eigenvalue weighted by Crippen LogP contribution is 2.26. The Kier molecular flexibility index (Phi) is 4.60. The van der Waals surface area contributed by atoms with Gasteiger partial charge in [0, 0.05) is 4.47 Å². The number of benzene rings is 1. The van der Waals surface area contributed by atoms with Gasteiger partial charge >= 0.3 is 0 Å². The molecule has 0 bridgehead atoms. The minimum atomic E-state index is -0.166. The van der Waals surface area contributed by atoms with E-state index in [-0.39, 0.29) is 11.7 Å². The van der Waals surface area contributed by atoms with E-state index in [1.807, 2.05) is 6.07 Å². The predicted octanol–water partition coefficient (Wildman–Crippen LogP) is 3.50. The first-order valence-corrected chi connectivity index (χ1v) is 8.31. The second-order valence-electron chi connectivity index (χ2n) is 4.24. The normalized spacial score (nSPS) is 10.8. The van der Waals surface area contributed by atoms with Crippen LogP contribution in [0.15, 0.2) is 40.4 Å². The monoisotopic (exact) mass is 397 g/mol. The van der Waals surface area contributed by atoms with Crippen molar-refractivity contribution in [3.05, 3.63) is 40.3 Å². The van der Waals surface area contributed by atoms with Crippen LogP contribution >= 0.6 is 39.3 Å². The second kappa shape index (κ2) is 6.64. The van der Waals surface area contributed by atoms with Gasteiger partial charge in [-0.05, 0) is 18.2 Å². The van der Waals surface area contributed by atoms with Crippen molar-refractivity contribution in [2.75, 3.05) is 11.1 Å². The summed E-state index contributed by atoms with van der Waals surface area (Å²) in [4.78, 5) is 27.2. The van der Waals surface area contributed by atoms with E-state index in [2.05, 4.69) is 41.2 Å². The lowest BCUT2D eigenvalue weighted by Crippen LogP contribution is -2.14. The molecule has 2 N–H and O–H groups in total. The summed E-state index contributed by atoms with van der Waals surface area (Å²) in [5.41, 5.74) is 1.88. The molecular weight excluding hydrogens is 390 g/mol. The zero-order chi connectivity index (χ0) is 15.5. The molecule has 2 aromatic heterocycles. The van der Waals surface area contributed by atoms with E-state index in [4.69, 9.17) is 11.6 Å². The SMILES string of the molecule is O=C(CSc1ncnc2nc[nH]c12)Nc1ccc(Br)cc1Cl. The van der Waals surface area contributed by atoms with E-state index in [0.29, 0.717) is 21.4 Å². The lowest BCUT2D eigenvalue weighted by Gasteiger charge is -2.07. The predicted molar refractivity (Wildman–Crippen MR) is 90.2 cm³/mol. The molecule has 0 saturated carbocycles. The number of amides is 1. The summed E-state index contributed by atoms with van der Waals surface area (Å²) in [6, 6.07) is 5.28. The largest absolute Gasteiger partial charge is 0.341 e. The molecule has 0 radical (unpaired) electrons. The van der Waals surface area contributed by atoms with Crippen molar-refractivity contribution in [2.45, 2.75) is 5.03 Å². The molecule has 0 spiro atoms. The number of hydrogen-bond donors (Lipinski definition) is 2. The molecule has 1 amide bonds. The lowest BCUT2D eigenvalue weighted by atomic mass is 10.3. The topological polar surface area (TPSA) is 83.6 Å². The smallest absolute Gasteiger partial charge is 0.234 e. The Morgan fingerprint density at radius 3 is 3.05 bits per heavy atom. The number of carbonyl (C=O) groups is 1. The van der Waals surface area contributed by atoms with Crippen LogP contribution in [0.1, 0.15) is 0 Å². The maximum Gasteiger partial charge on any atom is 0.234 e. The lowest BCUT2D eigenvalue weighted by molar-refractivity contribution is -0.113. The van der Waals surface area contributed by atoms with Gasteiger partial charge in [-0.25, -0.2) is 15.0 Å². The molecule has 9 heteroatoms. The molecule has 0 saturated heterocycles. The molecule has 0 aliphatic carbocycles. The van der Waals surface area contributed by atoms with Gasteiger partial charge in [-0.15, -0.1) is 0 Å². The third-order valence-corrected chi connectivity index (χ3v) is 4.53. The number of nitrogens with zero attached hydrogens (tertiary/aromatic N) is 3. The van der Waals surface area contributed by atoms with Gasteiger partial charge < -0.3 is 10.3 Å². The van der Waals surface area contributed by atoms with Gasteiger partial charge in [0.1, 0.15) is 16.9 Å². The fourth-order valence-electron chi connectivity index (χ4n) is 1.76. The number of carbonyl (C=O) groups excluding carboxylic acids is 1. The number of fused-ring (bicyclic) bond motifs is 1. The van der Waals surface area contributed by atoms with Gasteiger partial charge in [0.05, 0.1) is 22.8 Å². The molecule has 0 aliphatic rings. The molecule has 0 unspecified atom stereocenters. The van der Waals surface area contributed by atoms with Crippen molar-refractivity contribution in [3.63, 3.8) is 0 Å². The van der Waals surface area contributed by atoms with E-state index in [1.54, 1.807) is 18.5 Å². The van der Waals surface area contributed by atoms with Crippen LogP contribution in [0, 0.1) is 0 Å². The number of anilines is 1. The number of imidazole rings is 1. The van der Waals surface area contributed by atoms with E-state index in [0.717, 1.165) is 9.99 Å². The molecule has 112 valence electrons. The Morgan fingerprint density at radius 1 is 1.36 bits per heavy atom. The standard InChI is InChI=1S/C13H9BrClN5OS/c14-7-1-2-9(8(15)3-7)20-10(21)4-22-13-11-12(17-5-16-11)18-6-19-13/h1-3,5-6H,4H2,(H,20,21)(H,16,17,18,19). The maximum atomic E-state index is 12.0. The van der Waals surface area contributed by atoms with Crippen LogP contribution in [0.4, 0.5) is 5.69 Å². The van der Waals surface area contributed by atoms with Gasteiger partial charge in [-0.1, -0.05) is 39.3 Å². The Morgan fingerprint density at radius 2 is 2.23 bits per heavy atom. The van der Waals surface area contributed by atoms with Crippen molar-refractivity contribution in [3.8, 4) is 0 Å². The minimum Gasteiger partial charge on any atom is -0.341 e. The fourth-order valence-corrected chi connectivity index (χ4v) is 3.24. The highest BCUT2D eigenvalue weighted by Gasteiger charge is 2.11. The van der Waals surface area contributed by atoms with E-state index in [9.17, 15) is 4.79 Å². The second-order valence-corrected chi connectivity index (χ2v) is 6.53. The zero-order valence-corrected chi connectivity index (χ0v) is 14.2. The number of hydrogen-bond acceptors (Lipinski definition) is 5. The van der Waals surface area contributed by atoms with Crippen LogP contribution < -0.4 is 5.32 Å².